The molecule has 90 valence electrons. The highest BCUT2D eigenvalue weighted by molar-refractivity contribution is 6.20. The Bertz CT molecular complexity index is 268. The maximum atomic E-state index is 6.37. The van der Waals surface area contributed by atoms with E-state index >= 15 is 0 Å². The van der Waals surface area contributed by atoms with Gasteiger partial charge in [0, 0.05) is 0 Å². The number of hydrogen-bond acceptors (Lipinski definition) is 0. The molecular weight excluding hydrogens is 216 g/mol. The predicted molar refractivity (Wildman–Crippen MR) is 73.0 cm³/mol. The molecule has 0 spiro atoms. The Balaban J connectivity index is 2.23. The average molecular weight is 239 g/mol. The molecule has 1 heteroatoms. The summed E-state index contributed by atoms with van der Waals surface area (Å²) >= 11 is 6.37. The van der Waals surface area contributed by atoms with Crippen LogP contribution in [0.25, 0.3) is 0 Å². The van der Waals surface area contributed by atoms with Crippen LogP contribution >= 0.6 is 11.6 Å². The second kappa shape index (κ2) is 7.73. The van der Waals surface area contributed by atoms with Crippen LogP contribution in [0, 0.1) is 5.92 Å². The lowest BCUT2D eigenvalue weighted by atomic mass is 9.97. The van der Waals surface area contributed by atoms with E-state index in [0.717, 1.165) is 12.3 Å². The van der Waals surface area contributed by atoms with Crippen molar-refractivity contribution in [3.63, 3.8) is 0 Å². The SMILES string of the molecule is CCCC(C)CCCC(Cl)c1ccccc1. The summed E-state index contributed by atoms with van der Waals surface area (Å²) in [5.74, 6) is 0.852. The normalized spacial score (nSPS) is 14.7. The lowest BCUT2D eigenvalue weighted by Crippen LogP contribution is -1.96. The molecule has 0 fully saturated rings. The molecular formula is C15H23Cl. The first-order valence-electron chi connectivity index (χ1n) is 6.43. The first-order chi connectivity index (χ1) is 7.74. The predicted octanol–water partition coefficient (Wildman–Crippen LogP) is 5.57. The van der Waals surface area contributed by atoms with Crippen molar-refractivity contribution in [2.24, 2.45) is 5.92 Å². The zero-order valence-electron chi connectivity index (χ0n) is 10.5. The molecule has 0 aromatic heterocycles. The molecule has 0 bridgehead atoms. The van der Waals surface area contributed by atoms with Crippen molar-refractivity contribution in [2.75, 3.05) is 0 Å². The summed E-state index contributed by atoms with van der Waals surface area (Å²) in [5, 5.41) is 0.190. The molecule has 0 aliphatic heterocycles. The summed E-state index contributed by atoms with van der Waals surface area (Å²) in [5.41, 5.74) is 1.26. The maximum Gasteiger partial charge on any atom is 0.0585 e. The second-order valence-electron chi connectivity index (χ2n) is 4.70. The summed E-state index contributed by atoms with van der Waals surface area (Å²) in [4.78, 5) is 0. The van der Waals surface area contributed by atoms with E-state index in [9.17, 15) is 0 Å². The summed E-state index contributed by atoms with van der Waals surface area (Å²) < 4.78 is 0. The van der Waals surface area contributed by atoms with Gasteiger partial charge in [-0.25, -0.2) is 0 Å². The van der Waals surface area contributed by atoms with E-state index in [1.54, 1.807) is 0 Å². The minimum absolute atomic E-state index is 0.190. The largest absolute Gasteiger partial charge is 0.118 e. The Kier molecular flexibility index (Phi) is 6.56. The van der Waals surface area contributed by atoms with Crippen LogP contribution < -0.4 is 0 Å². The van der Waals surface area contributed by atoms with Crippen LogP contribution in [0.2, 0.25) is 0 Å². The average Bonchev–Trinajstić information content (AvgIpc) is 2.30. The fraction of sp³-hybridized carbons (Fsp3) is 0.600. The zero-order valence-corrected chi connectivity index (χ0v) is 11.2. The summed E-state index contributed by atoms with van der Waals surface area (Å²) in [7, 11) is 0. The highest BCUT2D eigenvalue weighted by Gasteiger charge is 2.08. The Hall–Kier alpha value is -0.490. The molecule has 0 heterocycles. The van der Waals surface area contributed by atoms with Crippen molar-refractivity contribution in [3.05, 3.63) is 35.9 Å². The number of alkyl halides is 1. The summed E-state index contributed by atoms with van der Waals surface area (Å²) in [6, 6.07) is 10.4. The molecule has 16 heavy (non-hydrogen) atoms. The van der Waals surface area contributed by atoms with Crippen LogP contribution in [-0.2, 0) is 0 Å². The van der Waals surface area contributed by atoms with E-state index in [4.69, 9.17) is 11.6 Å². The van der Waals surface area contributed by atoms with Gasteiger partial charge in [-0.2, -0.15) is 0 Å². The van der Waals surface area contributed by atoms with E-state index < -0.39 is 0 Å². The van der Waals surface area contributed by atoms with Gasteiger partial charge in [0.05, 0.1) is 5.38 Å². The number of rotatable bonds is 7. The highest BCUT2D eigenvalue weighted by atomic mass is 35.5. The smallest absolute Gasteiger partial charge is 0.0585 e. The number of hydrogen-bond donors (Lipinski definition) is 0. The van der Waals surface area contributed by atoms with Crippen molar-refractivity contribution in [2.45, 2.75) is 51.3 Å². The third-order valence-electron chi connectivity index (χ3n) is 3.10. The van der Waals surface area contributed by atoms with E-state index in [1.165, 1.54) is 31.2 Å². The van der Waals surface area contributed by atoms with Crippen LogP contribution in [0.4, 0.5) is 0 Å². The monoisotopic (exact) mass is 238 g/mol. The van der Waals surface area contributed by atoms with Gasteiger partial charge in [0.1, 0.15) is 0 Å². The molecule has 0 saturated carbocycles. The topological polar surface area (TPSA) is 0 Å². The molecule has 0 N–H and O–H groups in total. The van der Waals surface area contributed by atoms with Crippen molar-refractivity contribution >= 4 is 11.6 Å². The van der Waals surface area contributed by atoms with Crippen LogP contribution in [0.1, 0.15) is 56.9 Å². The van der Waals surface area contributed by atoms with Crippen LogP contribution in [-0.4, -0.2) is 0 Å². The number of benzene rings is 1. The molecule has 1 rings (SSSR count). The molecule has 0 radical (unpaired) electrons. The van der Waals surface area contributed by atoms with Crippen LogP contribution in [0.3, 0.4) is 0 Å². The second-order valence-corrected chi connectivity index (χ2v) is 5.23. The van der Waals surface area contributed by atoms with Gasteiger partial charge in [-0.15, -0.1) is 11.6 Å². The Labute approximate surface area is 105 Å². The maximum absolute atomic E-state index is 6.37. The third-order valence-corrected chi connectivity index (χ3v) is 3.57. The van der Waals surface area contributed by atoms with E-state index in [0.29, 0.717) is 0 Å². The molecule has 0 saturated heterocycles. The fourth-order valence-corrected chi connectivity index (χ4v) is 2.41. The minimum Gasteiger partial charge on any atom is -0.118 e. The first kappa shape index (κ1) is 13.6. The molecule has 0 nitrogen and oxygen atoms in total. The van der Waals surface area contributed by atoms with Gasteiger partial charge >= 0.3 is 0 Å². The minimum atomic E-state index is 0.190. The lowest BCUT2D eigenvalue weighted by molar-refractivity contribution is 0.459. The molecule has 1 aromatic carbocycles. The molecule has 0 aliphatic rings. The van der Waals surface area contributed by atoms with Gasteiger partial charge < -0.3 is 0 Å². The van der Waals surface area contributed by atoms with E-state index in [1.807, 2.05) is 6.07 Å². The quantitative estimate of drug-likeness (QED) is 0.545. The Morgan fingerprint density at radius 2 is 1.75 bits per heavy atom. The van der Waals surface area contributed by atoms with Gasteiger partial charge in [-0.3, -0.25) is 0 Å². The Morgan fingerprint density at radius 1 is 1.06 bits per heavy atom. The van der Waals surface area contributed by atoms with E-state index in [-0.39, 0.29) is 5.38 Å². The lowest BCUT2D eigenvalue weighted by Gasteiger charge is -2.12. The molecule has 2 atom stereocenters. The van der Waals surface area contributed by atoms with Crippen molar-refractivity contribution in [1.29, 1.82) is 0 Å². The third kappa shape index (κ3) is 5.03. The van der Waals surface area contributed by atoms with Gasteiger partial charge in [0.25, 0.3) is 0 Å². The molecule has 2 unspecified atom stereocenters. The summed E-state index contributed by atoms with van der Waals surface area (Å²) in [6.07, 6.45) is 6.29. The summed E-state index contributed by atoms with van der Waals surface area (Å²) in [6.45, 7) is 4.60. The van der Waals surface area contributed by atoms with Gasteiger partial charge in [-0.05, 0) is 17.9 Å². The van der Waals surface area contributed by atoms with Crippen LogP contribution in [0.5, 0.6) is 0 Å². The van der Waals surface area contributed by atoms with Crippen molar-refractivity contribution in [1.82, 2.24) is 0 Å². The van der Waals surface area contributed by atoms with Gasteiger partial charge in [0.2, 0.25) is 0 Å². The molecule has 0 aliphatic carbocycles. The first-order valence-corrected chi connectivity index (χ1v) is 6.86. The van der Waals surface area contributed by atoms with Crippen molar-refractivity contribution < 1.29 is 0 Å². The highest BCUT2D eigenvalue weighted by Crippen LogP contribution is 2.27. The fourth-order valence-electron chi connectivity index (χ4n) is 2.11. The Morgan fingerprint density at radius 3 is 2.38 bits per heavy atom. The molecule has 1 aromatic rings. The van der Waals surface area contributed by atoms with Gasteiger partial charge in [-0.1, -0.05) is 69.9 Å². The van der Waals surface area contributed by atoms with E-state index in [2.05, 4.69) is 38.1 Å². The van der Waals surface area contributed by atoms with Crippen LogP contribution in [0.15, 0.2) is 30.3 Å². The standard InChI is InChI=1S/C15H23Cl/c1-3-8-13(2)9-7-12-15(16)14-10-5-4-6-11-14/h4-6,10-11,13,15H,3,7-9,12H2,1-2H3. The van der Waals surface area contributed by atoms with Crippen molar-refractivity contribution in [3.8, 4) is 0 Å². The van der Waals surface area contributed by atoms with Gasteiger partial charge in [0.15, 0.2) is 0 Å². The number of halogens is 1. The zero-order chi connectivity index (χ0) is 11.8. The molecule has 0 amide bonds.